The van der Waals surface area contributed by atoms with E-state index in [1.165, 1.54) is 6.33 Å². The van der Waals surface area contributed by atoms with Crippen molar-refractivity contribution in [3.63, 3.8) is 0 Å². The van der Waals surface area contributed by atoms with Gasteiger partial charge in [0.15, 0.2) is 0 Å². The highest BCUT2D eigenvalue weighted by atomic mass is 16.5. The molecule has 1 heterocycles. The van der Waals surface area contributed by atoms with E-state index in [2.05, 4.69) is 20.5 Å². The molecule has 0 aliphatic carbocycles. The molecule has 0 spiro atoms. The SMILES string of the molecule is CC(NC(=O)CCOc1cccc(N)c1)c1ncn[nH]1. The van der Waals surface area contributed by atoms with Crippen LogP contribution in [-0.2, 0) is 4.79 Å². The predicted molar refractivity (Wildman–Crippen MR) is 73.9 cm³/mol. The van der Waals surface area contributed by atoms with Gasteiger partial charge in [-0.25, -0.2) is 4.98 Å². The van der Waals surface area contributed by atoms with Crippen LogP contribution in [0, 0.1) is 0 Å². The van der Waals surface area contributed by atoms with Gasteiger partial charge in [-0.15, -0.1) is 0 Å². The van der Waals surface area contributed by atoms with Crippen LogP contribution in [0.5, 0.6) is 5.75 Å². The highest BCUT2D eigenvalue weighted by Gasteiger charge is 2.11. The molecule has 1 atom stereocenters. The molecule has 106 valence electrons. The van der Waals surface area contributed by atoms with E-state index in [1.54, 1.807) is 24.3 Å². The van der Waals surface area contributed by atoms with Gasteiger partial charge >= 0.3 is 0 Å². The molecular weight excluding hydrogens is 258 g/mol. The molecular formula is C13H17N5O2. The van der Waals surface area contributed by atoms with E-state index in [4.69, 9.17) is 10.5 Å². The average molecular weight is 275 g/mol. The molecule has 20 heavy (non-hydrogen) atoms. The number of anilines is 1. The third-order valence-corrected chi connectivity index (χ3v) is 2.68. The Bertz CT molecular complexity index is 556. The Balaban J connectivity index is 1.73. The molecule has 7 nitrogen and oxygen atoms in total. The zero-order chi connectivity index (χ0) is 14.4. The van der Waals surface area contributed by atoms with Crippen LogP contribution >= 0.6 is 0 Å². The Hall–Kier alpha value is -2.57. The summed E-state index contributed by atoms with van der Waals surface area (Å²) in [5.41, 5.74) is 6.27. The molecule has 2 rings (SSSR count). The third-order valence-electron chi connectivity index (χ3n) is 2.68. The molecule has 1 amide bonds. The summed E-state index contributed by atoms with van der Waals surface area (Å²) in [5, 5.41) is 9.25. The van der Waals surface area contributed by atoms with Gasteiger partial charge in [0.2, 0.25) is 5.91 Å². The number of ether oxygens (including phenoxy) is 1. The van der Waals surface area contributed by atoms with Gasteiger partial charge in [-0.3, -0.25) is 9.89 Å². The minimum absolute atomic E-state index is 0.113. The molecule has 0 saturated carbocycles. The van der Waals surface area contributed by atoms with E-state index >= 15 is 0 Å². The highest BCUT2D eigenvalue weighted by molar-refractivity contribution is 5.76. The molecule has 0 saturated heterocycles. The van der Waals surface area contributed by atoms with Crippen LogP contribution in [0.15, 0.2) is 30.6 Å². The molecule has 0 bridgehead atoms. The summed E-state index contributed by atoms with van der Waals surface area (Å²) in [5.74, 6) is 1.16. The Labute approximate surface area is 116 Å². The first kappa shape index (κ1) is 13.9. The maximum atomic E-state index is 11.7. The Morgan fingerprint density at radius 3 is 3.10 bits per heavy atom. The monoisotopic (exact) mass is 275 g/mol. The van der Waals surface area contributed by atoms with Crippen LogP contribution in [-0.4, -0.2) is 27.7 Å². The Kier molecular flexibility index (Phi) is 4.54. The average Bonchev–Trinajstić information content (AvgIpc) is 2.92. The van der Waals surface area contributed by atoms with Gasteiger partial charge in [0, 0.05) is 11.8 Å². The Morgan fingerprint density at radius 1 is 1.55 bits per heavy atom. The number of nitrogens with one attached hydrogen (secondary N) is 2. The standard InChI is InChI=1S/C13H17N5O2/c1-9(13-15-8-16-18-13)17-12(19)5-6-20-11-4-2-3-10(14)7-11/h2-4,7-9H,5-6,14H2,1H3,(H,17,19)(H,15,16,18). The van der Waals surface area contributed by atoms with Crippen molar-refractivity contribution >= 4 is 11.6 Å². The molecule has 7 heteroatoms. The van der Waals surface area contributed by atoms with Crippen molar-refractivity contribution in [3.8, 4) is 5.75 Å². The Morgan fingerprint density at radius 2 is 2.40 bits per heavy atom. The lowest BCUT2D eigenvalue weighted by atomic mass is 10.3. The predicted octanol–water partition coefficient (Wildman–Crippen LogP) is 1.03. The van der Waals surface area contributed by atoms with Gasteiger partial charge in [-0.2, -0.15) is 5.10 Å². The van der Waals surface area contributed by atoms with Crippen molar-refractivity contribution in [1.29, 1.82) is 0 Å². The molecule has 0 fully saturated rings. The first-order valence-corrected chi connectivity index (χ1v) is 6.28. The van der Waals surface area contributed by atoms with Gasteiger partial charge in [0.25, 0.3) is 0 Å². The van der Waals surface area contributed by atoms with E-state index in [0.29, 0.717) is 23.9 Å². The van der Waals surface area contributed by atoms with E-state index in [1.807, 2.05) is 6.92 Å². The van der Waals surface area contributed by atoms with Crippen molar-refractivity contribution in [2.75, 3.05) is 12.3 Å². The van der Waals surface area contributed by atoms with E-state index in [9.17, 15) is 4.79 Å². The summed E-state index contributed by atoms with van der Waals surface area (Å²) >= 11 is 0. The van der Waals surface area contributed by atoms with Gasteiger partial charge in [-0.1, -0.05) is 6.07 Å². The van der Waals surface area contributed by atoms with Gasteiger partial charge in [0.05, 0.1) is 19.1 Å². The second-order valence-corrected chi connectivity index (χ2v) is 4.33. The number of H-pyrrole nitrogens is 1. The molecule has 1 aromatic heterocycles. The molecule has 2 aromatic rings. The normalized spacial score (nSPS) is 11.8. The first-order chi connectivity index (χ1) is 9.65. The second kappa shape index (κ2) is 6.55. The van der Waals surface area contributed by atoms with Crippen LogP contribution < -0.4 is 15.8 Å². The van der Waals surface area contributed by atoms with E-state index in [-0.39, 0.29) is 18.4 Å². The number of hydrogen-bond acceptors (Lipinski definition) is 5. The van der Waals surface area contributed by atoms with Crippen molar-refractivity contribution in [3.05, 3.63) is 36.4 Å². The number of benzene rings is 1. The summed E-state index contributed by atoms with van der Waals surface area (Å²) in [6, 6.07) is 6.88. The minimum Gasteiger partial charge on any atom is -0.493 e. The maximum absolute atomic E-state index is 11.7. The molecule has 4 N–H and O–H groups in total. The molecule has 0 aliphatic heterocycles. The topological polar surface area (TPSA) is 106 Å². The number of nitrogens with two attached hydrogens (primary N) is 1. The number of aromatic amines is 1. The number of nitrogens with zero attached hydrogens (tertiary/aromatic N) is 2. The quantitative estimate of drug-likeness (QED) is 0.683. The van der Waals surface area contributed by atoms with Gasteiger partial charge in [-0.05, 0) is 19.1 Å². The number of rotatable bonds is 6. The van der Waals surface area contributed by atoms with Crippen LogP contribution in [0.4, 0.5) is 5.69 Å². The number of carbonyl (C=O) groups excluding carboxylic acids is 1. The summed E-state index contributed by atoms with van der Waals surface area (Å²) in [6.45, 7) is 2.12. The lowest BCUT2D eigenvalue weighted by Gasteiger charge is -2.11. The number of amides is 1. The molecule has 1 unspecified atom stereocenters. The second-order valence-electron chi connectivity index (χ2n) is 4.33. The van der Waals surface area contributed by atoms with Crippen molar-refractivity contribution < 1.29 is 9.53 Å². The smallest absolute Gasteiger partial charge is 0.224 e. The lowest BCUT2D eigenvalue weighted by Crippen LogP contribution is -2.28. The van der Waals surface area contributed by atoms with E-state index < -0.39 is 0 Å². The zero-order valence-corrected chi connectivity index (χ0v) is 11.2. The van der Waals surface area contributed by atoms with Crippen LogP contribution in [0.25, 0.3) is 0 Å². The highest BCUT2D eigenvalue weighted by Crippen LogP contribution is 2.14. The lowest BCUT2D eigenvalue weighted by molar-refractivity contribution is -0.122. The number of nitrogen functional groups attached to an aromatic ring is 1. The van der Waals surface area contributed by atoms with Crippen LogP contribution in [0.3, 0.4) is 0 Å². The fourth-order valence-corrected chi connectivity index (χ4v) is 1.67. The van der Waals surface area contributed by atoms with Crippen molar-refractivity contribution in [1.82, 2.24) is 20.5 Å². The molecule has 1 aromatic carbocycles. The molecule has 0 radical (unpaired) electrons. The minimum atomic E-state index is -0.211. The van der Waals surface area contributed by atoms with Crippen LogP contribution in [0.1, 0.15) is 25.2 Å². The maximum Gasteiger partial charge on any atom is 0.224 e. The first-order valence-electron chi connectivity index (χ1n) is 6.28. The van der Waals surface area contributed by atoms with Crippen molar-refractivity contribution in [2.45, 2.75) is 19.4 Å². The number of aromatic nitrogens is 3. The summed E-state index contributed by atoms with van der Waals surface area (Å²) < 4.78 is 5.45. The number of hydrogen-bond donors (Lipinski definition) is 3. The number of carbonyl (C=O) groups is 1. The fraction of sp³-hybridized carbons (Fsp3) is 0.308. The van der Waals surface area contributed by atoms with Crippen molar-refractivity contribution in [2.24, 2.45) is 0 Å². The van der Waals surface area contributed by atoms with E-state index in [0.717, 1.165) is 0 Å². The van der Waals surface area contributed by atoms with Crippen LogP contribution in [0.2, 0.25) is 0 Å². The molecule has 0 aliphatic rings. The summed E-state index contributed by atoms with van der Waals surface area (Å²) in [4.78, 5) is 15.7. The fourth-order valence-electron chi connectivity index (χ4n) is 1.67. The third kappa shape index (κ3) is 3.98. The zero-order valence-electron chi connectivity index (χ0n) is 11.2. The van der Waals surface area contributed by atoms with Gasteiger partial charge < -0.3 is 15.8 Å². The summed E-state index contributed by atoms with van der Waals surface area (Å²) in [7, 11) is 0. The van der Waals surface area contributed by atoms with Gasteiger partial charge in [0.1, 0.15) is 17.9 Å². The summed E-state index contributed by atoms with van der Waals surface area (Å²) in [6.07, 6.45) is 1.66. The largest absolute Gasteiger partial charge is 0.493 e.